The molecular formula is C13H17NO3. The molecule has 1 aromatic rings. The molecule has 0 radical (unpaired) electrons. The van der Waals surface area contributed by atoms with Gasteiger partial charge in [0.25, 0.3) is 0 Å². The molecule has 17 heavy (non-hydrogen) atoms. The first-order valence-corrected chi connectivity index (χ1v) is 5.55. The normalized spacial score (nSPS) is 12.2. The number of amides is 1. The van der Waals surface area contributed by atoms with Gasteiger partial charge in [0.15, 0.2) is 0 Å². The molecule has 0 heterocycles. The van der Waals surface area contributed by atoms with E-state index in [-0.39, 0.29) is 11.8 Å². The lowest BCUT2D eigenvalue weighted by molar-refractivity contribution is -0.138. The molecule has 4 heteroatoms. The van der Waals surface area contributed by atoms with Crippen LogP contribution >= 0.6 is 0 Å². The molecule has 4 nitrogen and oxygen atoms in total. The minimum absolute atomic E-state index is 0.0518. The van der Waals surface area contributed by atoms with Gasteiger partial charge in [-0.1, -0.05) is 26.0 Å². The minimum Gasteiger partial charge on any atom is -0.481 e. The van der Waals surface area contributed by atoms with E-state index in [0.29, 0.717) is 5.69 Å². The molecule has 1 unspecified atom stereocenters. The molecule has 0 aromatic heterocycles. The minimum atomic E-state index is -0.857. The van der Waals surface area contributed by atoms with E-state index in [4.69, 9.17) is 5.11 Å². The summed E-state index contributed by atoms with van der Waals surface area (Å²) in [7, 11) is 0. The van der Waals surface area contributed by atoms with Crippen LogP contribution in [0.15, 0.2) is 24.3 Å². The highest BCUT2D eigenvalue weighted by molar-refractivity contribution is 5.92. The molecule has 0 aliphatic rings. The Morgan fingerprint density at radius 3 is 2.06 bits per heavy atom. The SMILES string of the molecule is CC(C)C(=O)Nc1ccc(C(C)C(=O)O)cc1. The third-order valence-electron chi connectivity index (χ3n) is 2.57. The number of aliphatic carboxylic acids is 1. The Kier molecular flexibility index (Phi) is 4.26. The number of anilines is 1. The monoisotopic (exact) mass is 235 g/mol. The number of nitrogens with one attached hydrogen (secondary N) is 1. The number of benzene rings is 1. The lowest BCUT2D eigenvalue weighted by Crippen LogP contribution is -2.17. The van der Waals surface area contributed by atoms with Crippen molar-refractivity contribution in [2.45, 2.75) is 26.7 Å². The zero-order valence-corrected chi connectivity index (χ0v) is 10.2. The summed E-state index contributed by atoms with van der Waals surface area (Å²) in [6.45, 7) is 5.26. The molecule has 1 rings (SSSR count). The van der Waals surface area contributed by atoms with Crippen LogP contribution in [-0.4, -0.2) is 17.0 Å². The number of carbonyl (C=O) groups excluding carboxylic acids is 1. The second-order valence-corrected chi connectivity index (χ2v) is 4.33. The lowest BCUT2D eigenvalue weighted by Gasteiger charge is -2.10. The quantitative estimate of drug-likeness (QED) is 0.842. The standard InChI is InChI=1S/C13H17NO3/c1-8(2)12(15)14-11-6-4-10(5-7-11)9(3)13(16)17/h4-9H,1-3H3,(H,14,15)(H,16,17). The topological polar surface area (TPSA) is 66.4 Å². The fourth-order valence-electron chi connectivity index (χ4n) is 1.28. The van der Waals surface area contributed by atoms with Gasteiger partial charge in [-0.3, -0.25) is 9.59 Å². The maximum atomic E-state index is 11.4. The number of carboxylic acid groups (broad SMARTS) is 1. The number of rotatable bonds is 4. The fourth-order valence-corrected chi connectivity index (χ4v) is 1.28. The van der Waals surface area contributed by atoms with Crippen LogP contribution < -0.4 is 5.32 Å². The molecule has 0 saturated carbocycles. The molecular weight excluding hydrogens is 218 g/mol. The summed E-state index contributed by atoms with van der Waals surface area (Å²) in [5.41, 5.74) is 1.41. The first kappa shape index (κ1) is 13.2. The van der Waals surface area contributed by atoms with Crippen LogP contribution in [0.1, 0.15) is 32.3 Å². The van der Waals surface area contributed by atoms with Crippen LogP contribution in [0.2, 0.25) is 0 Å². The van der Waals surface area contributed by atoms with Crippen molar-refractivity contribution in [3.8, 4) is 0 Å². The number of hydrogen-bond acceptors (Lipinski definition) is 2. The smallest absolute Gasteiger partial charge is 0.310 e. The molecule has 1 aromatic carbocycles. The van der Waals surface area contributed by atoms with Crippen LogP contribution in [0, 0.1) is 5.92 Å². The lowest BCUT2D eigenvalue weighted by atomic mass is 10.0. The van der Waals surface area contributed by atoms with Crippen molar-refractivity contribution in [3.05, 3.63) is 29.8 Å². The number of carbonyl (C=O) groups is 2. The molecule has 2 N–H and O–H groups in total. The zero-order chi connectivity index (χ0) is 13.0. The van der Waals surface area contributed by atoms with Crippen molar-refractivity contribution in [1.29, 1.82) is 0 Å². The summed E-state index contributed by atoms with van der Waals surface area (Å²) < 4.78 is 0. The summed E-state index contributed by atoms with van der Waals surface area (Å²) in [4.78, 5) is 22.2. The van der Waals surface area contributed by atoms with Gasteiger partial charge in [-0.15, -0.1) is 0 Å². The second kappa shape index (κ2) is 5.48. The third kappa shape index (κ3) is 3.59. The Hall–Kier alpha value is -1.84. The van der Waals surface area contributed by atoms with Gasteiger partial charge in [-0.25, -0.2) is 0 Å². The summed E-state index contributed by atoms with van der Waals surface area (Å²) >= 11 is 0. The molecule has 0 bridgehead atoms. The van der Waals surface area contributed by atoms with Crippen LogP contribution in [0.25, 0.3) is 0 Å². The van der Waals surface area contributed by atoms with E-state index in [0.717, 1.165) is 5.56 Å². The Morgan fingerprint density at radius 2 is 1.65 bits per heavy atom. The second-order valence-electron chi connectivity index (χ2n) is 4.33. The maximum Gasteiger partial charge on any atom is 0.310 e. The molecule has 1 atom stereocenters. The van der Waals surface area contributed by atoms with Gasteiger partial charge in [-0.05, 0) is 24.6 Å². The number of carboxylic acids is 1. The number of hydrogen-bond donors (Lipinski definition) is 2. The summed E-state index contributed by atoms with van der Waals surface area (Å²) in [6.07, 6.45) is 0. The Balaban J connectivity index is 2.75. The van der Waals surface area contributed by atoms with Gasteiger partial charge in [0, 0.05) is 11.6 Å². The molecule has 0 fully saturated rings. The van der Waals surface area contributed by atoms with Gasteiger partial charge < -0.3 is 10.4 Å². The first-order chi connectivity index (χ1) is 7.91. The van der Waals surface area contributed by atoms with Gasteiger partial charge >= 0.3 is 5.97 Å². The van der Waals surface area contributed by atoms with Gasteiger partial charge in [0.05, 0.1) is 5.92 Å². The molecule has 0 saturated heterocycles. The first-order valence-electron chi connectivity index (χ1n) is 5.55. The molecule has 0 aliphatic heterocycles. The molecule has 92 valence electrons. The van der Waals surface area contributed by atoms with Crippen molar-refractivity contribution >= 4 is 17.6 Å². The van der Waals surface area contributed by atoms with Crippen LogP contribution in [0.4, 0.5) is 5.69 Å². The van der Waals surface area contributed by atoms with E-state index in [2.05, 4.69) is 5.32 Å². The van der Waals surface area contributed by atoms with E-state index in [1.54, 1.807) is 31.2 Å². The van der Waals surface area contributed by atoms with Crippen molar-refractivity contribution in [2.75, 3.05) is 5.32 Å². The highest BCUT2D eigenvalue weighted by atomic mass is 16.4. The van der Waals surface area contributed by atoms with Crippen LogP contribution in [0.5, 0.6) is 0 Å². The average Bonchev–Trinajstić information content (AvgIpc) is 2.28. The third-order valence-corrected chi connectivity index (χ3v) is 2.57. The van der Waals surface area contributed by atoms with Crippen molar-refractivity contribution in [3.63, 3.8) is 0 Å². The summed E-state index contributed by atoms with van der Waals surface area (Å²) in [5.74, 6) is -1.52. The Labute approximate surface area is 101 Å². The predicted octanol–water partition coefficient (Wildman–Crippen LogP) is 2.47. The van der Waals surface area contributed by atoms with Crippen LogP contribution in [0.3, 0.4) is 0 Å². The highest BCUT2D eigenvalue weighted by Crippen LogP contribution is 2.18. The van der Waals surface area contributed by atoms with E-state index in [9.17, 15) is 9.59 Å². The molecule has 0 spiro atoms. The average molecular weight is 235 g/mol. The zero-order valence-electron chi connectivity index (χ0n) is 10.2. The predicted molar refractivity (Wildman–Crippen MR) is 66.0 cm³/mol. The van der Waals surface area contributed by atoms with Crippen molar-refractivity contribution in [2.24, 2.45) is 5.92 Å². The Bertz CT molecular complexity index is 409. The van der Waals surface area contributed by atoms with Crippen LogP contribution in [-0.2, 0) is 9.59 Å². The van der Waals surface area contributed by atoms with E-state index >= 15 is 0 Å². The fraction of sp³-hybridized carbons (Fsp3) is 0.385. The van der Waals surface area contributed by atoms with Gasteiger partial charge in [0.1, 0.15) is 0 Å². The van der Waals surface area contributed by atoms with Crippen molar-refractivity contribution in [1.82, 2.24) is 0 Å². The molecule has 0 aliphatic carbocycles. The summed E-state index contributed by atoms with van der Waals surface area (Å²) in [6, 6.07) is 6.87. The van der Waals surface area contributed by atoms with Gasteiger partial charge in [-0.2, -0.15) is 0 Å². The molecule has 1 amide bonds. The highest BCUT2D eigenvalue weighted by Gasteiger charge is 2.13. The van der Waals surface area contributed by atoms with Crippen molar-refractivity contribution < 1.29 is 14.7 Å². The van der Waals surface area contributed by atoms with E-state index in [1.165, 1.54) is 0 Å². The Morgan fingerprint density at radius 1 is 1.12 bits per heavy atom. The largest absolute Gasteiger partial charge is 0.481 e. The van der Waals surface area contributed by atoms with E-state index < -0.39 is 11.9 Å². The van der Waals surface area contributed by atoms with Gasteiger partial charge in [0.2, 0.25) is 5.91 Å². The van der Waals surface area contributed by atoms with E-state index in [1.807, 2.05) is 13.8 Å². The summed E-state index contributed by atoms with van der Waals surface area (Å²) in [5, 5.41) is 11.6. The maximum absolute atomic E-state index is 11.4.